The van der Waals surface area contributed by atoms with Gasteiger partial charge < -0.3 is 9.84 Å². The van der Waals surface area contributed by atoms with Crippen LogP contribution in [0.4, 0.5) is 10.1 Å². The van der Waals surface area contributed by atoms with Crippen LogP contribution in [0.2, 0.25) is 5.02 Å². The first-order valence-electron chi connectivity index (χ1n) is 6.74. The number of rotatable bonds is 4. The molecule has 1 amide bonds. The van der Waals surface area contributed by atoms with Crippen molar-refractivity contribution in [2.75, 3.05) is 5.32 Å². The number of hydrogen-bond donors (Lipinski definition) is 1. The van der Waals surface area contributed by atoms with Crippen LogP contribution < -0.4 is 5.32 Å². The molecule has 8 heteroatoms. The maximum atomic E-state index is 13.1. The maximum absolute atomic E-state index is 13.1. The topological polar surface area (TPSA) is 68.0 Å². The molecule has 1 aromatic carbocycles. The van der Waals surface area contributed by atoms with Crippen LogP contribution in [0.5, 0.6) is 0 Å². The van der Waals surface area contributed by atoms with Crippen molar-refractivity contribution in [1.29, 1.82) is 0 Å². The fourth-order valence-electron chi connectivity index (χ4n) is 1.86. The second kappa shape index (κ2) is 6.47. The van der Waals surface area contributed by atoms with E-state index >= 15 is 0 Å². The van der Waals surface area contributed by atoms with Crippen molar-refractivity contribution in [3.63, 3.8) is 0 Å². The van der Waals surface area contributed by atoms with E-state index < -0.39 is 11.7 Å². The Balaban J connectivity index is 1.76. The number of carbonyl (C=O) groups is 1. The predicted molar refractivity (Wildman–Crippen MR) is 86.4 cm³/mol. The molecule has 118 valence electrons. The van der Waals surface area contributed by atoms with Gasteiger partial charge in [0.05, 0.1) is 10.0 Å². The zero-order valence-electron chi connectivity index (χ0n) is 12.0. The summed E-state index contributed by atoms with van der Waals surface area (Å²) in [5, 5.41) is 9.06. The highest BCUT2D eigenvalue weighted by atomic mass is 35.5. The summed E-state index contributed by atoms with van der Waals surface area (Å²) in [7, 11) is 0. The summed E-state index contributed by atoms with van der Waals surface area (Å²) in [4.78, 5) is 16.5. The Morgan fingerprint density at radius 3 is 2.96 bits per heavy atom. The number of benzene rings is 1. The fourth-order valence-corrected chi connectivity index (χ4v) is 2.77. The molecular formula is C15H11ClFN3O2S. The summed E-state index contributed by atoms with van der Waals surface area (Å²) in [5.74, 6) is -0.611. The summed E-state index contributed by atoms with van der Waals surface area (Å²) >= 11 is 7.19. The van der Waals surface area contributed by atoms with Gasteiger partial charge in [-0.3, -0.25) is 4.79 Å². The molecule has 0 saturated heterocycles. The first-order valence-corrected chi connectivity index (χ1v) is 8.00. The second-order valence-corrected chi connectivity index (χ2v) is 5.99. The molecule has 0 radical (unpaired) electrons. The molecule has 0 aliphatic carbocycles. The second-order valence-electron chi connectivity index (χ2n) is 4.64. The first kappa shape index (κ1) is 15.6. The lowest BCUT2D eigenvalue weighted by molar-refractivity contribution is 0.101. The van der Waals surface area contributed by atoms with Gasteiger partial charge in [-0.05, 0) is 24.6 Å². The van der Waals surface area contributed by atoms with Gasteiger partial charge in [-0.25, -0.2) is 9.37 Å². The minimum Gasteiger partial charge on any atom is -0.354 e. The van der Waals surface area contributed by atoms with Gasteiger partial charge in [-0.1, -0.05) is 23.7 Å². The minimum atomic E-state index is -0.552. The average Bonchev–Trinajstić information content (AvgIpc) is 3.19. The third kappa shape index (κ3) is 3.40. The molecule has 0 spiro atoms. The van der Waals surface area contributed by atoms with Crippen molar-refractivity contribution in [3.8, 4) is 11.5 Å². The van der Waals surface area contributed by atoms with E-state index in [1.807, 2.05) is 12.3 Å². The van der Waals surface area contributed by atoms with Crippen LogP contribution in [-0.4, -0.2) is 16.0 Å². The van der Waals surface area contributed by atoms with E-state index in [1.54, 1.807) is 0 Å². The SMILES string of the molecule is CCc1nc(-c2cc(C(=O)Nc3ccc(F)c(Cl)c3)no2)cs1. The molecule has 2 heterocycles. The number of hydrogen-bond acceptors (Lipinski definition) is 5. The summed E-state index contributed by atoms with van der Waals surface area (Å²) in [6.07, 6.45) is 0.831. The van der Waals surface area contributed by atoms with E-state index in [1.165, 1.54) is 35.6 Å². The Morgan fingerprint density at radius 1 is 1.43 bits per heavy atom. The van der Waals surface area contributed by atoms with Crippen LogP contribution in [-0.2, 0) is 6.42 Å². The van der Waals surface area contributed by atoms with Crippen molar-refractivity contribution in [1.82, 2.24) is 10.1 Å². The quantitative estimate of drug-likeness (QED) is 0.756. The van der Waals surface area contributed by atoms with Crippen molar-refractivity contribution in [2.45, 2.75) is 13.3 Å². The Labute approximate surface area is 140 Å². The highest BCUT2D eigenvalue weighted by Gasteiger charge is 2.16. The molecule has 3 aromatic rings. The molecule has 5 nitrogen and oxygen atoms in total. The van der Waals surface area contributed by atoms with Crippen molar-refractivity contribution in [3.05, 3.63) is 51.2 Å². The van der Waals surface area contributed by atoms with E-state index in [0.29, 0.717) is 17.1 Å². The molecule has 0 atom stereocenters. The summed E-state index contributed by atoms with van der Waals surface area (Å²) < 4.78 is 18.3. The van der Waals surface area contributed by atoms with Crippen molar-refractivity contribution in [2.24, 2.45) is 0 Å². The Bertz CT molecular complexity index is 862. The summed E-state index contributed by atoms with van der Waals surface area (Å²) in [6.45, 7) is 2.01. The number of anilines is 1. The summed E-state index contributed by atoms with van der Waals surface area (Å²) in [6, 6.07) is 5.42. The van der Waals surface area contributed by atoms with E-state index in [-0.39, 0.29) is 10.7 Å². The van der Waals surface area contributed by atoms with Gasteiger partial charge in [0, 0.05) is 17.1 Å². The molecule has 0 fully saturated rings. The monoisotopic (exact) mass is 351 g/mol. The van der Waals surface area contributed by atoms with Gasteiger partial charge in [0.1, 0.15) is 11.5 Å². The van der Waals surface area contributed by atoms with Crippen LogP contribution in [0.1, 0.15) is 22.4 Å². The van der Waals surface area contributed by atoms with E-state index in [0.717, 1.165) is 11.4 Å². The third-order valence-corrected chi connectivity index (χ3v) is 4.31. The number of nitrogens with zero attached hydrogens (tertiary/aromatic N) is 2. The van der Waals surface area contributed by atoms with Crippen LogP contribution >= 0.6 is 22.9 Å². The Hall–Kier alpha value is -2.25. The largest absolute Gasteiger partial charge is 0.354 e. The molecule has 0 unspecified atom stereocenters. The van der Waals surface area contributed by atoms with Gasteiger partial charge in [-0.2, -0.15) is 0 Å². The molecule has 1 N–H and O–H groups in total. The van der Waals surface area contributed by atoms with Gasteiger partial charge >= 0.3 is 0 Å². The number of aromatic nitrogens is 2. The Morgan fingerprint density at radius 2 is 2.26 bits per heavy atom. The standard InChI is InChI=1S/C15H11ClFN3O2S/c1-2-14-19-12(7-23-14)13-6-11(20-22-13)15(21)18-8-3-4-10(17)9(16)5-8/h3-7H,2H2,1H3,(H,18,21). The number of halogens is 2. The van der Waals surface area contributed by atoms with Gasteiger partial charge in [0.25, 0.3) is 5.91 Å². The van der Waals surface area contributed by atoms with E-state index in [2.05, 4.69) is 15.5 Å². The summed E-state index contributed by atoms with van der Waals surface area (Å²) in [5.41, 5.74) is 1.11. The van der Waals surface area contributed by atoms with Crippen LogP contribution in [0.15, 0.2) is 34.2 Å². The number of thiazole rings is 1. The molecule has 0 aliphatic heterocycles. The van der Waals surface area contributed by atoms with E-state index in [4.69, 9.17) is 16.1 Å². The lowest BCUT2D eigenvalue weighted by Crippen LogP contribution is -2.12. The molecule has 2 aromatic heterocycles. The molecule has 3 rings (SSSR count). The predicted octanol–water partition coefficient (Wildman–Crippen LogP) is 4.41. The number of aryl methyl sites for hydroxylation is 1. The Kier molecular flexibility index (Phi) is 4.40. The number of nitrogens with one attached hydrogen (secondary N) is 1. The third-order valence-electron chi connectivity index (χ3n) is 3.03. The normalized spacial score (nSPS) is 10.7. The van der Waals surface area contributed by atoms with Gasteiger partial charge in [0.2, 0.25) is 0 Å². The van der Waals surface area contributed by atoms with Crippen LogP contribution in [0, 0.1) is 5.82 Å². The van der Waals surface area contributed by atoms with Crippen LogP contribution in [0.3, 0.4) is 0 Å². The van der Waals surface area contributed by atoms with Crippen molar-refractivity contribution >= 4 is 34.5 Å². The van der Waals surface area contributed by atoms with Gasteiger partial charge in [0.15, 0.2) is 11.5 Å². The molecule has 23 heavy (non-hydrogen) atoms. The minimum absolute atomic E-state index is 0.0711. The molecular weight excluding hydrogens is 341 g/mol. The lowest BCUT2D eigenvalue weighted by atomic mass is 10.2. The smallest absolute Gasteiger partial charge is 0.277 e. The maximum Gasteiger partial charge on any atom is 0.277 e. The van der Waals surface area contributed by atoms with E-state index in [9.17, 15) is 9.18 Å². The zero-order chi connectivity index (χ0) is 16.4. The lowest BCUT2D eigenvalue weighted by Gasteiger charge is -2.03. The number of amides is 1. The van der Waals surface area contributed by atoms with Crippen molar-refractivity contribution < 1.29 is 13.7 Å². The highest BCUT2D eigenvalue weighted by molar-refractivity contribution is 7.09. The zero-order valence-corrected chi connectivity index (χ0v) is 13.5. The molecule has 0 aliphatic rings. The first-order chi connectivity index (χ1) is 11.1. The van der Waals surface area contributed by atoms with Gasteiger partial charge in [-0.15, -0.1) is 11.3 Å². The highest BCUT2D eigenvalue weighted by Crippen LogP contribution is 2.24. The van der Waals surface area contributed by atoms with Crippen LogP contribution in [0.25, 0.3) is 11.5 Å². The average molecular weight is 352 g/mol. The number of carbonyl (C=O) groups excluding carboxylic acids is 1. The molecule has 0 bridgehead atoms. The fraction of sp³-hybridized carbons (Fsp3) is 0.133. The molecule has 0 saturated carbocycles.